The fraction of sp³-hybridized carbons (Fsp3) is 0.345. The van der Waals surface area contributed by atoms with E-state index in [9.17, 15) is 13.2 Å². The first-order chi connectivity index (χ1) is 17.3. The highest BCUT2D eigenvalue weighted by Gasteiger charge is 2.53. The number of carbonyl (C=O) groups excluding carboxylic acids is 1. The molecule has 2 saturated carbocycles. The summed E-state index contributed by atoms with van der Waals surface area (Å²) in [6.07, 6.45) is 5.00. The molecule has 0 spiro atoms. The number of nitrogens with zero attached hydrogens (tertiary/aromatic N) is 1. The maximum atomic E-state index is 13.3. The predicted octanol–water partition coefficient (Wildman–Crippen LogP) is 5.63. The van der Waals surface area contributed by atoms with E-state index in [0.717, 1.165) is 17.9 Å². The Morgan fingerprint density at radius 3 is 2.53 bits per heavy atom. The monoisotopic (exact) mass is 501 g/mol. The summed E-state index contributed by atoms with van der Waals surface area (Å²) in [5.41, 5.74) is 5.42. The van der Waals surface area contributed by atoms with Crippen molar-refractivity contribution in [2.75, 3.05) is 28.2 Å². The Morgan fingerprint density at radius 2 is 1.75 bits per heavy atom. The summed E-state index contributed by atoms with van der Waals surface area (Å²) in [4.78, 5) is 13.3. The van der Waals surface area contributed by atoms with Crippen molar-refractivity contribution < 1.29 is 13.2 Å². The fourth-order valence-electron chi connectivity index (χ4n) is 6.79. The van der Waals surface area contributed by atoms with Crippen LogP contribution in [0.3, 0.4) is 0 Å². The minimum Gasteiger partial charge on any atom is -0.378 e. The van der Waals surface area contributed by atoms with Crippen LogP contribution in [-0.2, 0) is 10.0 Å². The molecule has 2 aliphatic carbocycles. The van der Waals surface area contributed by atoms with E-state index >= 15 is 0 Å². The number of anilines is 3. The number of carbonyl (C=O) groups is 1. The lowest BCUT2D eigenvalue weighted by Gasteiger charge is -2.43. The third kappa shape index (κ3) is 3.95. The highest BCUT2D eigenvalue weighted by Crippen LogP contribution is 2.63. The number of fused-ring (bicyclic) bond motifs is 7. The van der Waals surface area contributed by atoms with Gasteiger partial charge in [-0.2, -0.15) is 0 Å². The SMILES string of the molecule is CN(c1cccc(NC(=O)c2ccc3c(c2)[C@@H]2[C@H]4CC[C@@H](C4)[C@@H]2[C@@H](c2ccccc2)N3)c1)S(C)(=O)=O. The van der Waals surface area contributed by atoms with Gasteiger partial charge in [0.15, 0.2) is 0 Å². The number of amides is 1. The Hall–Kier alpha value is -3.32. The van der Waals surface area contributed by atoms with Crippen LogP contribution in [0.2, 0.25) is 0 Å². The number of nitrogens with one attached hydrogen (secondary N) is 2. The lowest BCUT2D eigenvalue weighted by atomic mass is 9.68. The van der Waals surface area contributed by atoms with E-state index in [-0.39, 0.29) is 5.91 Å². The molecule has 186 valence electrons. The van der Waals surface area contributed by atoms with E-state index in [1.807, 2.05) is 6.07 Å². The molecule has 3 aromatic carbocycles. The van der Waals surface area contributed by atoms with E-state index in [0.29, 0.717) is 40.7 Å². The Labute approximate surface area is 212 Å². The molecule has 1 amide bonds. The largest absolute Gasteiger partial charge is 0.378 e. The molecule has 0 saturated heterocycles. The molecular weight excluding hydrogens is 470 g/mol. The molecule has 0 aromatic heterocycles. The second-order valence-electron chi connectivity index (χ2n) is 10.5. The zero-order chi connectivity index (χ0) is 25.0. The number of rotatable bonds is 5. The van der Waals surface area contributed by atoms with Crippen molar-refractivity contribution in [3.05, 3.63) is 89.5 Å². The molecule has 5 atom stereocenters. The van der Waals surface area contributed by atoms with Gasteiger partial charge in [0, 0.05) is 24.0 Å². The molecule has 1 heterocycles. The van der Waals surface area contributed by atoms with Gasteiger partial charge in [0.2, 0.25) is 10.0 Å². The summed E-state index contributed by atoms with van der Waals surface area (Å²) in [5, 5.41) is 6.78. The first kappa shape index (κ1) is 23.1. The van der Waals surface area contributed by atoms with Gasteiger partial charge in [-0.15, -0.1) is 0 Å². The molecule has 2 fully saturated rings. The van der Waals surface area contributed by atoms with Gasteiger partial charge in [-0.05, 0) is 90.5 Å². The van der Waals surface area contributed by atoms with Crippen molar-refractivity contribution in [3.8, 4) is 0 Å². The molecule has 6 nitrogen and oxygen atoms in total. The Bertz CT molecular complexity index is 1420. The van der Waals surface area contributed by atoms with Gasteiger partial charge in [0.1, 0.15) is 0 Å². The van der Waals surface area contributed by atoms with Crippen molar-refractivity contribution >= 4 is 33.0 Å². The molecule has 3 aliphatic rings. The number of hydrogen-bond donors (Lipinski definition) is 2. The van der Waals surface area contributed by atoms with Crippen LogP contribution in [0.5, 0.6) is 0 Å². The van der Waals surface area contributed by atoms with Crippen LogP contribution in [0.25, 0.3) is 0 Å². The fourth-order valence-corrected chi connectivity index (χ4v) is 7.29. The van der Waals surface area contributed by atoms with Gasteiger partial charge in [0.05, 0.1) is 18.0 Å². The minimum atomic E-state index is -3.39. The molecule has 2 bridgehead atoms. The molecule has 0 radical (unpaired) electrons. The Balaban J connectivity index is 1.29. The van der Waals surface area contributed by atoms with Crippen molar-refractivity contribution in [1.82, 2.24) is 0 Å². The average molecular weight is 502 g/mol. The second-order valence-corrected chi connectivity index (χ2v) is 12.5. The normalized spacial score (nSPS) is 26.0. The highest BCUT2D eigenvalue weighted by atomic mass is 32.2. The third-order valence-corrected chi connectivity index (χ3v) is 9.68. The lowest BCUT2D eigenvalue weighted by Crippen LogP contribution is -2.35. The van der Waals surface area contributed by atoms with E-state index in [1.54, 1.807) is 24.3 Å². The van der Waals surface area contributed by atoms with Crippen molar-refractivity contribution in [2.45, 2.75) is 31.2 Å². The number of sulfonamides is 1. The summed E-state index contributed by atoms with van der Waals surface area (Å²) in [6.45, 7) is 0. The first-order valence-electron chi connectivity index (χ1n) is 12.6. The van der Waals surface area contributed by atoms with E-state index in [4.69, 9.17) is 0 Å². The third-order valence-electron chi connectivity index (χ3n) is 8.47. The van der Waals surface area contributed by atoms with Gasteiger partial charge in [-0.1, -0.05) is 36.4 Å². The summed E-state index contributed by atoms with van der Waals surface area (Å²) < 4.78 is 25.0. The highest BCUT2D eigenvalue weighted by molar-refractivity contribution is 7.92. The zero-order valence-electron chi connectivity index (χ0n) is 20.5. The van der Waals surface area contributed by atoms with Gasteiger partial charge < -0.3 is 10.6 Å². The Morgan fingerprint density at radius 1 is 0.972 bits per heavy atom. The van der Waals surface area contributed by atoms with E-state index < -0.39 is 10.0 Å². The van der Waals surface area contributed by atoms with Crippen LogP contribution < -0.4 is 14.9 Å². The summed E-state index contributed by atoms with van der Waals surface area (Å²) in [5.74, 6) is 2.21. The molecule has 2 N–H and O–H groups in total. The molecule has 36 heavy (non-hydrogen) atoms. The van der Waals surface area contributed by atoms with Crippen LogP contribution in [0.1, 0.15) is 52.7 Å². The quantitative estimate of drug-likeness (QED) is 0.475. The van der Waals surface area contributed by atoms with Crippen LogP contribution >= 0.6 is 0 Å². The van der Waals surface area contributed by atoms with Crippen LogP contribution in [0.4, 0.5) is 17.1 Å². The van der Waals surface area contributed by atoms with Gasteiger partial charge in [0.25, 0.3) is 5.91 Å². The van der Waals surface area contributed by atoms with E-state index in [2.05, 4.69) is 53.1 Å². The topological polar surface area (TPSA) is 78.5 Å². The molecule has 3 aromatic rings. The summed E-state index contributed by atoms with van der Waals surface area (Å²) in [6, 6.07) is 24.0. The van der Waals surface area contributed by atoms with Crippen molar-refractivity contribution in [2.24, 2.45) is 17.8 Å². The Kier molecular flexibility index (Phi) is 5.56. The van der Waals surface area contributed by atoms with Crippen molar-refractivity contribution in [1.29, 1.82) is 0 Å². The average Bonchev–Trinajstić information content (AvgIpc) is 3.50. The maximum absolute atomic E-state index is 13.3. The maximum Gasteiger partial charge on any atom is 0.255 e. The van der Waals surface area contributed by atoms with E-state index in [1.165, 1.54) is 41.7 Å². The van der Waals surface area contributed by atoms with Crippen LogP contribution in [0.15, 0.2) is 72.8 Å². The smallest absolute Gasteiger partial charge is 0.255 e. The van der Waals surface area contributed by atoms with Gasteiger partial charge in [-0.3, -0.25) is 9.10 Å². The first-order valence-corrected chi connectivity index (χ1v) is 14.4. The van der Waals surface area contributed by atoms with Crippen LogP contribution in [-0.4, -0.2) is 27.6 Å². The molecule has 0 unspecified atom stereocenters. The van der Waals surface area contributed by atoms with Crippen LogP contribution in [0, 0.1) is 17.8 Å². The van der Waals surface area contributed by atoms with Gasteiger partial charge in [-0.25, -0.2) is 8.42 Å². The second kappa shape index (κ2) is 8.66. The predicted molar refractivity (Wildman–Crippen MR) is 144 cm³/mol. The molecule has 6 rings (SSSR count). The standard InChI is InChI=1S/C29H31N3O3S/c1-32(36(2,34)35)23-10-6-9-22(17-23)30-29(33)21-13-14-25-24(16-21)26-19-11-12-20(15-19)27(26)28(31-25)18-7-4-3-5-8-18/h3-10,13-14,16-17,19-20,26-28,31H,11-12,15H2,1-2H3,(H,30,33)/t19-,20-,26-,27-,28+/m0/s1. The van der Waals surface area contributed by atoms with Gasteiger partial charge >= 0.3 is 0 Å². The van der Waals surface area contributed by atoms with Crippen molar-refractivity contribution in [3.63, 3.8) is 0 Å². The number of benzene rings is 3. The number of hydrogen-bond acceptors (Lipinski definition) is 4. The summed E-state index contributed by atoms with van der Waals surface area (Å²) >= 11 is 0. The minimum absolute atomic E-state index is 0.193. The molecule has 1 aliphatic heterocycles. The molecular formula is C29H31N3O3S. The summed E-state index contributed by atoms with van der Waals surface area (Å²) in [7, 11) is -1.89. The lowest BCUT2D eigenvalue weighted by molar-refractivity contribution is 0.102. The molecule has 7 heteroatoms. The zero-order valence-corrected chi connectivity index (χ0v) is 21.3.